The van der Waals surface area contributed by atoms with Gasteiger partial charge in [-0.2, -0.15) is 0 Å². The number of benzene rings is 2. The van der Waals surface area contributed by atoms with Gasteiger partial charge in [-0.25, -0.2) is 10.2 Å². The first-order valence-corrected chi connectivity index (χ1v) is 6.57. The van der Waals surface area contributed by atoms with E-state index in [4.69, 9.17) is 10.6 Å². The Labute approximate surface area is 123 Å². The standard InChI is InChI=1S/C14H12BrFN2O2/c15-12-7-11(16)4-5-13(12)20-8-9-2-1-3-10(6-9)14(19)18-17/h1-7H,8,17H2,(H,18,19). The molecule has 0 unspecified atom stereocenters. The van der Waals surface area contributed by atoms with E-state index >= 15 is 0 Å². The Morgan fingerprint density at radius 2 is 2.10 bits per heavy atom. The number of nitrogen functional groups attached to an aromatic ring is 1. The molecule has 0 aliphatic rings. The molecule has 0 aliphatic heterocycles. The molecule has 0 saturated carbocycles. The molecular weight excluding hydrogens is 327 g/mol. The second-order valence-corrected chi connectivity index (χ2v) is 4.89. The van der Waals surface area contributed by atoms with Crippen molar-refractivity contribution in [1.82, 2.24) is 5.43 Å². The monoisotopic (exact) mass is 338 g/mol. The van der Waals surface area contributed by atoms with Crippen LogP contribution in [-0.4, -0.2) is 5.91 Å². The molecule has 0 heterocycles. The van der Waals surface area contributed by atoms with Crippen LogP contribution in [0.3, 0.4) is 0 Å². The van der Waals surface area contributed by atoms with Crippen molar-refractivity contribution in [3.05, 3.63) is 63.9 Å². The van der Waals surface area contributed by atoms with Gasteiger partial charge in [-0.15, -0.1) is 0 Å². The minimum absolute atomic E-state index is 0.260. The maximum atomic E-state index is 12.9. The summed E-state index contributed by atoms with van der Waals surface area (Å²) in [6.07, 6.45) is 0. The molecule has 104 valence electrons. The molecule has 1 amide bonds. The summed E-state index contributed by atoms with van der Waals surface area (Å²) in [6.45, 7) is 0.260. The van der Waals surface area contributed by atoms with Gasteiger partial charge in [0, 0.05) is 5.56 Å². The van der Waals surface area contributed by atoms with Crippen LogP contribution < -0.4 is 16.0 Å². The van der Waals surface area contributed by atoms with Crippen LogP contribution in [0.1, 0.15) is 15.9 Å². The van der Waals surface area contributed by atoms with Crippen LogP contribution in [0.15, 0.2) is 46.9 Å². The van der Waals surface area contributed by atoms with E-state index in [2.05, 4.69) is 21.4 Å². The second-order valence-electron chi connectivity index (χ2n) is 4.04. The third kappa shape index (κ3) is 3.55. The number of nitrogens with one attached hydrogen (secondary N) is 1. The SMILES string of the molecule is NNC(=O)c1cccc(COc2ccc(F)cc2Br)c1. The maximum Gasteiger partial charge on any atom is 0.265 e. The number of ether oxygens (including phenoxy) is 1. The Morgan fingerprint density at radius 1 is 1.30 bits per heavy atom. The molecule has 0 radical (unpaired) electrons. The highest BCUT2D eigenvalue weighted by molar-refractivity contribution is 9.10. The van der Waals surface area contributed by atoms with Crippen molar-refractivity contribution in [2.45, 2.75) is 6.61 Å². The van der Waals surface area contributed by atoms with Crippen molar-refractivity contribution < 1.29 is 13.9 Å². The summed E-state index contributed by atoms with van der Waals surface area (Å²) in [5, 5.41) is 0. The van der Waals surface area contributed by atoms with Crippen LogP contribution >= 0.6 is 15.9 Å². The summed E-state index contributed by atoms with van der Waals surface area (Å²) in [5.74, 6) is 4.90. The number of hydrazine groups is 1. The lowest BCUT2D eigenvalue weighted by Crippen LogP contribution is -2.30. The Balaban J connectivity index is 2.09. The van der Waals surface area contributed by atoms with Crippen LogP contribution in [0.4, 0.5) is 4.39 Å². The number of rotatable bonds is 4. The number of halogens is 2. The second kappa shape index (κ2) is 6.49. The summed E-state index contributed by atoms with van der Waals surface area (Å²) in [7, 11) is 0. The van der Waals surface area contributed by atoms with Gasteiger partial charge >= 0.3 is 0 Å². The summed E-state index contributed by atoms with van der Waals surface area (Å²) in [6, 6.07) is 11.1. The van der Waals surface area contributed by atoms with E-state index in [9.17, 15) is 9.18 Å². The topological polar surface area (TPSA) is 64.3 Å². The lowest BCUT2D eigenvalue weighted by molar-refractivity contribution is 0.0953. The lowest BCUT2D eigenvalue weighted by Gasteiger charge is -2.09. The predicted octanol–water partition coefficient (Wildman–Crippen LogP) is 2.77. The largest absolute Gasteiger partial charge is 0.488 e. The molecule has 2 aromatic rings. The van der Waals surface area contributed by atoms with Crippen molar-refractivity contribution >= 4 is 21.8 Å². The lowest BCUT2D eigenvalue weighted by atomic mass is 10.1. The van der Waals surface area contributed by atoms with Crippen molar-refractivity contribution in [2.75, 3.05) is 0 Å². The van der Waals surface area contributed by atoms with E-state index in [1.807, 2.05) is 6.07 Å². The summed E-state index contributed by atoms with van der Waals surface area (Å²) in [4.78, 5) is 11.4. The van der Waals surface area contributed by atoms with Crippen LogP contribution in [0.25, 0.3) is 0 Å². The quantitative estimate of drug-likeness (QED) is 0.511. The summed E-state index contributed by atoms with van der Waals surface area (Å²) >= 11 is 3.22. The minimum atomic E-state index is -0.366. The molecule has 0 bridgehead atoms. The van der Waals surface area contributed by atoms with E-state index in [1.165, 1.54) is 18.2 Å². The van der Waals surface area contributed by atoms with Gasteiger partial charge in [0.15, 0.2) is 0 Å². The Kier molecular flexibility index (Phi) is 4.70. The van der Waals surface area contributed by atoms with Crippen LogP contribution in [0, 0.1) is 5.82 Å². The Bertz CT molecular complexity index is 634. The highest BCUT2D eigenvalue weighted by Crippen LogP contribution is 2.26. The van der Waals surface area contributed by atoms with Crippen LogP contribution in [-0.2, 0) is 6.61 Å². The van der Waals surface area contributed by atoms with E-state index in [0.717, 1.165) is 5.56 Å². The van der Waals surface area contributed by atoms with Gasteiger partial charge in [-0.3, -0.25) is 10.2 Å². The van der Waals surface area contributed by atoms with Crippen molar-refractivity contribution in [2.24, 2.45) is 5.84 Å². The van der Waals surface area contributed by atoms with Gasteiger partial charge in [0.25, 0.3) is 5.91 Å². The minimum Gasteiger partial charge on any atom is -0.488 e. The molecule has 3 N–H and O–H groups in total. The fraction of sp³-hybridized carbons (Fsp3) is 0.0714. The van der Waals surface area contributed by atoms with Crippen LogP contribution in [0.2, 0.25) is 0 Å². The Hall–Kier alpha value is -1.92. The van der Waals surface area contributed by atoms with E-state index in [-0.39, 0.29) is 18.3 Å². The molecule has 0 saturated heterocycles. The molecule has 20 heavy (non-hydrogen) atoms. The van der Waals surface area contributed by atoms with Gasteiger partial charge in [0.1, 0.15) is 18.2 Å². The third-order valence-electron chi connectivity index (χ3n) is 2.61. The Morgan fingerprint density at radius 3 is 2.80 bits per heavy atom. The van der Waals surface area contributed by atoms with E-state index in [0.29, 0.717) is 15.8 Å². The number of nitrogens with two attached hydrogens (primary N) is 1. The first-order valence-electron chi connectivity index (χ1n) is 5.78. The third-order valence-corrected chi connectivity index (χ3v) is 3.23. The molecule has 2 rings (SSSR count). The normalized spacial score (nSPS) is 10.2. The highest BCUT2D eigenvalue weighted by atomic mass is 79.9. The predicted molar refractivity (Wildman–Crippen MR) is 76.5 cm³/mol. The van der Waals surface area contributed by atoms with E-state index < -0.39 is 0 Å². The first-order chi connectivity index (χ1) is 9.60. The van der Waals surface area contributed by atoms with Gasteiger partial charge < -0.3 is 4.74 Å². The molecule has 0 fully saturated rings. The average molecular weight is 339 g/mol. The molecule has 2 aromatic carbocycles. The summed E-state index contributed by atoms with van der Waals surface area (Å²) in [5.41, 5.74) is 3.33. The number of carbonyl (C=O) groups is 1. The maximum absolute atomic E-state index is 12.9. The van der Waals surface area contributed by atoms with Crippen LogP contribution in [0.5, 0.6) is 5.75 Å². The number of hydrogen-bond donors (Lipinski definition) is 2. The zero-order valence-corrected chi connectivity index (χ0v) is 12.0. The average Bonchev–Trinajstić information content (AvgIpc) is 2.46. The van der Waals surface area contributed by atoms with Gasteiger partial charge in [0.05, 0.1) is 4.47 Å². The molecule has 6 heteroatoms. The van der Waals surface area contributed by atoms with Gasteiger partial charge in [-0.05, 0) is 51.8 Å². The van der Waals surface area contributed by atoms with E-state index in [1.54, 1.807) is 18.2 Å². The van der Waals surface area contributed by atoms with Gasteiger partial charge in [-0.1, -0.05) is 12.1 Å². The molecule has 0 aromatic heterocycles. The molecule has 0 atom stereocenters. The summed E-state index contributed by atoms with van der Waals surface area (Å²) < 4.78 is 19.1. The number of hydrogen-bond acceptors (Lipinski definition) is 3. The zero-order valence-electron chi connectivity index (χ0n) is 10.4. The van der Waals surface area contributed by atoms with Crippen molar-refractivity contribution in [1.29, 1.82) is 0 Å². The fourth-order valence-corrected chi connectivity index (χ4v) is 2.10. The smallest absolute Gasteiger partial charge is 0.265 e. The number of amides is 1. The van der Waals surface area contributed by atoms with Crippen molar-refractivity contribution in [3.63, 3.8) is 0 Å². The van der Waals surface area contributed by atoms with Crippen molar-refractivity contribution in [3.8, 4) is 5.75 Å². The number of carbonyl (C=O) groups excluding carboxylic acids is 1. The molecule has 0 spiro atoms. The zero-order chi connectivity index (χ0) is 14.5. The van der Waals surface area contributed by atoms with Gasteiger partial charge in [0.2, 0.25) is 0 Å². The fourth-order valence-electron chi connectivity index (χ4n) is 1.64. The molecular formula is C14H12BrFN2O2. The molecule has 4 nitrogen and oxygen atoms in total. The molecule has 0 aliphatic carbocycles. The highest BCUT2D eigenvalue weighted by Gasteiger charge is 2.06. The first kappa shape index (κ1) is 14.5.